The number of allylic oxidation sites excluding steroid dienone is 2. The molecule has 0 saturated heterocycles. The van der Waals surface area contributed by atoms with Gasteiger partial charge in [0.2, 0.25) is 0 Å². The van der Waals surface area contributed by atoms with Crippen LogP contribution in [0.5, 0.6) is 0 Å². The number of hydrogen-bond acceptors (Lipinski definition) is 1. The minimum atomic E-state index is -3.86. The molecule has 0 amide bonds. The van der Waals surface area contributed by atoms with Crippen molar-refractivity contribution in [3.8, 4) is 0 Å². The smallest absolute Gasteiger partial charge is 0.324 e. The summed E-state index contributed by atoms with van der Waals surface area (Å²) in [5.41, 5.74) is 1.99. The van der Waals surface area contributed by atoms with Crippen LogP contribution in [0.15, 0.2) is 11.1 Å². The van der Waals surface area contributed by atoms with E-state index < -0.39 is 7.60 Å². The van der Waals surface area contributed by atoms with Crippen molar-refractivity contribution in [2.45, 2.75) is 33.6 Å². The fourth-order valence-electron chi connectivity index (χ4n) is 1.27. The SMILES string of the molecule is CCC(CC)=C(C)CP(=O)(O)O. The summed E-state index contributed by atoms with van der Waals surface area (Å²) in [4.78, 5) is 17.4. The summed E-state index contributed by atoms with van der Waals surface area (Å²) >= 11 is 0. The highest BCUT2D eigenvalue weighted by molar-refractivity contribution is 7.52. The Hall–Kier alpha value is -0.110. The van der Waals surface area contributed by atoms with Gasteiger partial charge in [0, 0.05) is 0 Å². The largest absolute Gasteiger partial charge is 0.329 e. The zero-order valence-electron chi connectivity index (χ0n) is 7.87. The number of rotatable bonds is 4. The van der Waals surface area contributed by atoms with Crippen LogP contribution in [0.4, 0.5) is 0 Å². The van der Waals surface area contributed by atoms with Gasteiger partial charge in [-0.2, -0.15) is 0 Å². The maximum absolute atomic E-state index is 10.6. The van der Waals surface area contributed by atoms with E-state index in [1.807, 2.05) is 13.8 Å². The first-order chi connectivity index (χ1) is 5.40. The summed E-state index contributed by atoms with van der Waals surface area (Å²) in [6.45, 7) is 5.80. The average Bonchev–Trinajstić information content (AvgIpc) is 1.85. The van der Waals surface area contributed by atoms with E-state index in [1.54, 1.807) is 6.92 Å². The molecule has 0 saturated carbocycles. The van der Waals surface area contributed by atoms with Crippen LogP contribution in [-0.4, -0.2) is 15.9 Å². The Morgan fingerprint density at radius 3 is 1.92 bits per heavy atom. The van der Waals surface area contributed by atoms with Crippen LogP contribution < -0.4 is 0 Å². The highest BCUT2D eigenvalue weighted by atomic mass is 31.2. The molecule has 4 heteroatoms. The fourth-order valence-corrected chi connectivity index (χ4v) is 2.12. The van der Waals surface area contributed by atoms with Gasteiger partial charge in [-0.1, -0.05) is 25.0 Å². The van der Waals surface area contributed by atoms with Crippen LogP contribution in [0.25, 0.3) is 0 Å². The quantitative estimate of drug-likeness (QED) is 0.530. The molecule has 0 aliphatic carbocycles. The third-order valence-corrected chi connectivity index (χ3v) is 2.79. The molecule has 72 valence electrons. The van der Waals surface area contributed by atoms with E-state index in [0.29, 0.717) is 0 Å². The third-order valence-electron chi connectivity index (χ3n) is 1.90. The molecule has 0 aliphatic rings. The molecule has 0 bridgehead atoms. The van der Waals surface area contributed by atoms with Gasteiger partial charge in [-0.05, 0) is 19.8 Å². The number of hydrogen-bond donors (Lipinski definition) is 2. The molecular formula is C8H17O3P. The van der Waals surface area contributed by atoms with E-state index in [4.69, 9.17) is 9.79 Å². The van der Waals surface area contributed by atoms with Crippen LogP contribution in [0, 0.1) is 0 Å². The summed E-state index contributed by atoms with van der Waals surface area (Å²) in [6.07, 6.45) is 1.66. The van der Waals surface area contributed by atoms with E-state index in [-0.39, 0.29) is 6.16 Å². The normalized spacial score (nSPS) is 11.4. The molecule has 0 heterocycles. The zero-order chi connectivity index (χ0) is 9.78. The summed E-state index contributed by atoms with van der Waals surface area (Å²) in [6, 6.07) is 0. The van der Waals surface area contributed by atoms with Crippen LogP contribution in [0.2, 0.25) is 0 Å². The lowest BCUT2D eigenvalue weighted by Crippen LogP contribution is -1.94. The van der Waals surface area contributed by atoms with Crippen LogP contribution in [0.3, 0.4) is 0 Å². The lowest BCUT2D eigenvalue weighted by molar-refractivity contribution is 0.376. The monoisotopic (exact) mass is 192 g/mol. The highest BCUT2D eigenvalue weighted by Gasteiger charge is 2.14. The van der Waals surface area contributed by atoms with Gasteiger partial charge in [0.15, 0.2) is 0 Å². The zero-order valence-corrected chi connectivity index (χ0v) is 8.77. The Bertz CT molecular complexity index is 208. The summed E-state index contributed by atoms with van der Waals surface area (Å²) in [7, 11) is -3.86. The molecule has 0 radical (unpaired) electrons. The Morgan fingerprint density at radius 1 is 1.25 bits per heavy atom. The van der Waals surface area contributed by atoms with Crippen molar-refractivity contribution in [3.05, 3.63) is 11.1 Å². The molecule has 0 aliphatic heterocycles. The lowest BCUT2D eigenvalue weighted by Gasteiger charge is -2.09. The van der Waals surface area contributed by atoms with Gasteiger partial charge in [0.1, 0.15) is 0 Å². The summed E-state index contributed by atoms with van der Waals surface area (Å²) < 4.78 is 10.6. The van der Waals surface area contributed by atoms with Crippen molar-refractivity contribution in [3.63, 3.8) is 0 Å². The molecule has 0 unspecified atom stereocenters. The lowest BCUT2D eigenvalue weighted by atomic mass is 10.1. The maximum Gasteiger partial charge on any atom is 0.329 e. The van der Waals surface area contributed by atoms with E-state index in [1.165, 1.54) is 0 Å². The van der Waals surface area contributed by atoms with Gasteiger partial charge in [0.25, 0.3) is 0 Å². The predicted molar refractivity (Wildman–Crippen MR) is 50.2 cm³/mol. The van der Waals surface area contributed by atoms with Crippen LogP contribution >= 0.6 is 7.60 Å². The Morgan fingerprint density at radius 2 is 1.67 bits per heavy atom. The van der Waals surface area contributed by atoms with E-state index in [0.717, 1.165) is 24.0 Å². The minimum absolute atomic E-state index is 0.0932. The molecule has 12 heavy (non-hydrogen) atoms. The minimum Gasteiger partial charge on any atom is -0.324 e. The van der Waals surface area contributed by atoms with Crippen molar-refractivity contribution >= 4 is 7.60 Å². The van der Waals surface area contributed by atoms with Crippen LogP contribution in [-0.2, 0) is 4.57 Å². The molecular weight excluding hydrogens is 175 g/mol. The summed E-state index contributed by atoms with van der Waals surface area (Å²) in [5.74, 6) is 0. The molecule has 2 N–H and O–H groups in total. The summed E-state index contributed by atoms with van der Waals surface area (Å²) in [5, 5.41) is 0. The molecule has 0 rings (SSSR count). The first-order valence-electron chi connectivity index (χ1n) is 4.12. The highest BCUT2D eigenvalue weighted by Crippen LogP contribution is 2.37. The fraction of sp³-hybridized carbons (Fsp3) is 0.750. The molecule has 0 spiro atoms. The molecule has 0 aromatic rings. The standard InChI is InChI=1S/C8H17O3P/c1-4-8(5-2)7(3)6-12(9,10)11/h4-6H2,1-3H3,(H2,9,10,11). The van der Waals surface area contributed by atoms with E-state index >= 15 is 0 Å². The van der Waals surface area contributed by atoms with Gasteiger partial charge in [-0.15, -0.1) is 0 Å². The Balaban J connectivity index is 4.45. The first kappa shape index (κ1) is 11.9. The molecule has 0 aromatic heterocycles. The van der Waals surface area contributed by atoms with E-state index in [9.17, 15) is 4.57 Å². The Labute approximate surface area is 73.7 Å². The van der Waals surface area contributed by atoms with Gasteiger partial charge < -0.3 is 9.79 Å². The van der Waals surface area contributed by atoms with Crippen molar-refractivity contribution in [1.29, 1.82) is 0 Å². The second-order valence-corrected chi connectivity index (χ2v) is 4.56. The van der Waals surface area contributed by atoms with Crippen molar-refractivity contribution in [1.82, 2.24) is 0 Å². The first-order valence-corrected chi connectivity index (χ1v) is 5.92. The van der Waals surface area contributed by atoms with Crippen molar-refractivity contribution in [2.24, 2.45) is 0 Å². The molecule has 0 atom stereocenters. The molecule has 3 nitrogen and oxygen atoms in total. The van der Waals surface area contributed by atoms with Crippen molar-refractivity contribution in [2.75, 3.05) is 6.16 Å². The van der Waals surface area contributed by atoms with Gasteiger partial charge >= 0.3 is 7.60 Å². The maximum atomic E-state index is 10.6. The van der Waals surface area contributed by atoms with Crippen molar-refractivity contribution < 1.29 is 14.4 Å². The third kappa shape index (κ3) is 4.70. The Kier molecular flexibility index (Phi) is 4.76. The van der Waals surface area contributed by atoms with Gasteiger partial charge in [0.05, 0.1) is 6.16 Å². The second kappa shape index (κ2) is 4.80. The van der Waals surface area contributed by atoms with Gasteiger partial charge in [-0.25, -0.2) is 0 Å². The average molecular weight is 192 g/mol. The molecule has 0 fully saturated rings. The topological polar surface area (TPSA) is 57.5 Å². The second-order valence-electron chi connectivity index (χ2n) is 2.91. The van der Waals surface area contributed by atoms with E-state index in [2.05, 4.69) is 0 Å². The molecule has 0 aromatic carbocycles. The van der Waals surface area contributed by atoms with Gasteiger partial charge in [-0.3, -0.25) is 4.57 Å². The predicted octanol–water partition coefficient (Wildman–Crippen LogP) is 2.30. The van der Waals surface area contributed by atoms with Crippen LogP contribution in [0.1, 0.15) is 33.6 Å².